The van der Waals surface area contributed by atoms with Crippen LogP contribution in [0.2, 0.25) is 0 Å². The molecule has 10 heteroatoms. The van der Waals surface area contributed by atoms with Gasteiger partial charge >= 0.3 is 11.9 Å². The lowest BCUT2D eigenvalue weighted by molar-refractivity contribution is -0.292. The first-order chi connectivity index (χ1) is 18.9. The standard InChI is InChI=1S/C30H44O10/c1-16-25(32)22(37-3)13-24(39-16)40-18-4-10-29(26(33)34)20-5-8-27(2)19(17-12-23(31)38-15-17)7-11-30(27,36)21(20)6-9-28(29,35)14-18/h12,16,18-22,24-25,32,35-36H,4-11,13-15H2,1-3H3,(H,33,34)/t16-,18+,19-,20+,21-,22+,24-,25-,27-,28+,29-,30+/m1/s1. The van der Waals surface area contributed by atoms with Crippen LogP contribution in [0.3, 0.4) is 0 Å². The minimum Gasteiger partial charge on any atom is -0.481 e. The molecular weight excluding hydrogens is 520 g/mol. The van der Waals surface area contributed by atoms with Crippen LogP contribution in [-0.2, 0) is 28.5 Å². The Bertz CT molecular complexity index is 1080. The fraction of sp³-hybridized carbons (Fsp3) is 0.867. The maximum Gasteiger partial charge on any atom is 0.331 e. The van der Waals surface area contributed by atoms with E-state index in [1.807, 2.05) is 0 Å². The number of carboxylic acids is 1. The molecule has 1 saturated heterocycles. The highest BCUT2D eigenvalue weighted by molar-refractivity contribution is 5.85. The summed E-state index contributed by atoms with van der Waals surface area (Å²) in [6, 6.07) is 0. The maximum absolute atomic E-state index is 13.2. The molecule has 6 aliphatic rings. The quantitative estimate of drug-likeness (QED) is 0.289. The van der Waals surface area contributed by atoms with Crippen LogP contribution >= 0.6 is 0 Å². The predicted molar refractivity (Wildman–Crippen MR) is 140 cm³/mol. The second kappa shape index (κ2) is 9.74. The van der Waals surface area contributed by atoms with E-state index in [9.17, 15) is 30.0 Å². The molecular formula is C30H44O10. The summed E-state index contributed by atoms with van der Waals surface area (Å²) in [6.45, 7) is 4.12. The number of aliphatic hydroxyl groups is 3. The number of hydrogen-bond acceptors (Lipinski definition) is 9. The second-order valence-corrected chi connectivity index (χ2v) is 13.6. The van der Waals surface area contributed by atoms with E-state index < -0.39 is 58.7 Å². The molecule has 0 unspecified atom stereocenters. The van der Waals surface area contributed by atoms with Crippen LogP contribution in [0.15, 0.2) is 11.6 Å². The van der Waals surface area contributed by atoms with Gasteiger partial charge in [0.2, 0.25) is 0 Å². The van der Waals surface area contributed by atoms with Gasteiger partial charge in [-0.15, -0.1) is 0 Å². The lowest BCUT2D eigenvalue weighted by Gasteiger charge is -2.65. The summed E-state index contributed by atoms with van der Waals surface area (Å²) in [5, 5.41) is 45.7. The van der Waals surface area contributed by atoms with Crippen LogP contribution in [0.25, 0.3) is 0 Å². The summed E-state index contributed by atoms with van der Waals surface area (Å²) in [5.74, 6) is -1.93. The van der Waals surface area contributed by atoms with Gasteiger partial charge in [-0.3, -0.25) is 4.79 Å². The van der Waals surface area contributed by atoms with E-state index in [2.05, 4.69) is 6.92 Å². The lowest BCUT2D eigenvalue weighted by atomic mass is 9.41. The molecule has 4 saturated carbocycles. The topological polar surface area (TPSA) is 152 Å². The van der Waals surface area contributed by atoms with Crippen molar-refractivity contribution in [1.29, 1.82) is 0 Å². The van der Waals surface area contributed by atoms with Crippen molar-refractivity contribution in [1.82, 2.24) is 0 Å². The average Bonchev–Trinajstić information content (AvgIpc) is 3.44. The third kappa shape index (κ3) is 3.89. The number of cyclic esters (lactones) is 1. The van der Waals surface area contributed by atoms with Gasteiger partial charge in [-0.25, -0.2) is 4.79 Å². The molecule has 12 atom stereocenters. The molecule has 0 amide bonds. The molecule has 0 aromatic rings. The van der Waals surface area contributed by atoms with Crippen molar-refractivity contribution in [3.05, 3.63) is 11.6 Å². The van der Waals surface area contributed by atoms with Gasteiger partial charge in [0.1, 0.15) is 12.7 Å². The third-order valence-electron chi connectivity index (χ3n) is 12.2. The van der Waals surface area contributed by atoms with E-state index in [1.54, 1.807) is 20.1 Å². The Morgan fingerprint density at radius 1 is 1.07 bits per heavy atom. The normalized spacial score (nSPS) is 52.2. The SMILES string of the molecule is CO[C@H]1C[C@@H](O[C@H]2CC[C@]3(C(=O)O)[C@H]4CC[C@]5(C)[C@@H](C6=CC(=O)OC6)CC[C@]5(O)[C@@H]4CC[C@]3(O)C2)O[C@H](C)[C@H]1O. The first-order valence-electron chi connectivity index (χ1n) is 15.0. The van der Waals surface area contributed by atoms with E-state index in [1.165, 1.54) is 0 Å². The van der Waals surface area contributed by atoms with Gasteiger partial charge in [-0.05, 0) is 81.6 Å². The maximum atomic E-state index is 13.2. The Balaban J connectivity index is 1.24. The van der Waals surface area contributed by atoms with Gasteiger partial charge in [0.25, 0.3) is 0 Å². The summed E-state index contributed by atoms with van der Waals surface area (Å²) < 4.78 is 22.8. The number of ether oxygens (including phenoxy) is 4. The van der Waals surface area contributed by atoms with Crippen LogP contribution in [0.4, 0.5) is 0 Å². The number of aliphatic hydroxyl groups excluding tert-OH is 1. The summed E-state index contributed by atoms with van der Waals surface area (Å²) >= 11 is 0. The molecule has 2 heterocycles. The number of carbonyl (C=O) groups excluding carboxylic acids is 1. The number of methoxy groups -OCH3 is 1. The molecule has 4 aliphatic carbocycles. The fourth-order valence-electron chi connectivity index (χ4n) is 10.1. The largest absolute Gasteiger partial charge is 0.481 e. The minimum atomic E-state index is -1.47. The zero-order chi connectivity index (χ0) is 28.7. The van der Waals surface area contributed by atoms with Crippen molar-refractivity contribution in [2.75, 3.05) is 13.7 Å². The van der Waals surface area contributed by atoms with E-state index in [0.29, 0.717) is 38.5 Å². The molecule has 10 nitrogen and oxygen atoms in total. The van der Waals surface area contributed by atoms with Crippen LogP contribution in [0, 0.1) is 28.6 Å². The summed E-state index contributed by atoms with van der Waals surface area (Å²) in [6.07, 6.45) is 3.46. The Morgan fingerprint density at radius 3 is 2.50 bits per heavy atom. The molecule has 2 aliphatic heterocycles. The molecule has 224 valence electrons. The van der Waals surface area contributed by atoms with Gasteiger partial charge in [0.15, 0.2) is 6.29 Å². The number of carbonyl (C=O) groups is 2. The highest BCUT2D eigenvalue weighted by atomic mass is 16.7. The van der Waals surface area contributed by atoms with E-state index in [4.69, 9.17) is 18.9 Å². The van der Waals surface area contributed by atoms with Crippen LogP contribution in [0.5, 0.6) is 0 Å². The Hall–Kier alpha value is -1.56. The molecule has 5 fully saturated rings. The molecule has 6 rings (SSSR count). The zero-order valence-electron chi connectivity index (χ0n) is 23.7. The van der Waals surface area contributed by atoms with E-state index in [-0.39, 0.29) is 49.6 Å². The van der Waals surface area contributed by atoms with E-state index >= 15 is 0 Å². The number of rotatable bonds is 5. The first kappa shape index (κ1) is 28.6. The Kier molecular flexibility index (Phi) is 6.95. The number of hydrogen-bond donors (Lipinski definition) is 4. The van der Waals surface area contributed by atoms with Gasteiger partial charge in [-0.1, -0.05) is 6.92 Å². The van der Waals surface area contributed by atoms with Gasteiger partial charge < -0.3 is 39.4 Å². The molecule has 0 aromatic carbocycles. The molecule has 0 bridgehead atoms. The van der Waals surface area contributed by atoms with Crippen LogP contribution in [-0.4, -0.2) is 88.0 Å². The Morgan fingerprint density at radius 2 is 1.82 bits per heavy atom. The molecule has 40 heavy (non-hydrogen) atoms. The van der Waals surface area contributed by atoms with Gasteiger partial charge in [0, 0.05) is 31.4 Å². The second-order valence-electron chi connectivity index (χ2n) is 13.6. The molecule has 0 aromatic heterocycles. The number of aliphatic carboxylic acids is 1. The van der Waals surface area contributed by atoms with Crippen molar-refractivity contribution in [3.8, 4) is 0 Å². The lowest BCUT2D eigenvalue weighted by Crippen LogP contribution is -2.70. The minimum absolute atomic E-state index is 0.0166. The Labute approximate surface area is 235 Å². The monoisotopic (exact) mass is 564 g/mol. The number of carboxylic acid groups (broad SMARTS) is 1. The van der Waals surface area contributed by atoms with Crippen molar-refractivity contribution >= 4 is 11.9 Å². The predicted octanol–water partition coefficient (Wildman–Crippen LogP) is 2.32. The van der Waals surface area contributed by atoms with E-state index in [0.717, 1.165) is 12.0 Å². The van der Waals surface area contributed by atoms with Crippen LogP contribution in [0.1, 0.15) is 78.1 Å². The number of fused-ring (bicyclic) bond motifs is 5. The van der Waals surface area contributed by atoms with Gasteiger partial charge in [0.05, 0.1) is 34.9 Å². The smallest absolute Gasteiger partial charge is 0.331 e. The summed E-state index contributed by atoms with van der Waals surface area (Å²) in [4.78, 5) is 25.0. The molecule has 4 N–H and O–H groups in total. The molecule has 0 radical (unpaired) electrons. The van der Waals surface area contributed by atoms with Crippen molar-refractivity contribution in [3.63, 3.8) is 0 Å². The molecule has 0 spiro atoms. The highest BCUT2D eigenvalue weighted by Crippen LogP contribution is 2.71. The van der Waals surface area contributed by atoms with Crippen molar-refractivity contribution < 1.29 is 49.0 Å². The average molecular weight is 565 g/mol. The third-order valence-corrected chi connectivity index (χ3v) is 12.2. The van der Waals surface area contributed by atoms with Crippen LogP contribution < -0.4 is 0 Å². The highest BCUT2D eigenvalue weighted by Gasteiger charge is 2.73. The van der Waals surface area contributed by atoms with Crippen molar-refractivity contribution in [2.45, 2.75) is 120 Å². The number of esters is 1. The fourth-order valence-corrected chi connectivity index (χ4v) is 10.1. The zero-order valence-corrected chi connectivity index (χ0v) is 23.7. The first-order valence-corrected chi connectivity index (χ1v) is 15.0. The van der Waals surface area contributed by atoms with Crippen molar-refractivity contribution in [2.24, 2.45) is 28.6 Å². The van der Waals surface area contributed by atoms with Gasteiger partial charge in [-0.2, -0.15) is 0 Å². The summed E-state index contributed by atoms with van der Waals surface area (Å²) in [5.41, 5.74) is -3.47. The summed E-state index contributed by atoms with van der Waals surface area (Å²) in [7, 11) is 1.54.